The van der Waals surface area contributed by atoms with Crippen LogP contribution in [-0.2, 0) is 13.2 Å². The zero-order valence-corrected chi connectivity index (χ0v) is 13.8. The van der Waals surface area contributed by atoms with Crippen LogP contribution in [0.4, 0.5) is 5.69 Å². The molecule has 0 bridgehead atoms. The van der Waals surface area contributed by atoms with E-state index in [4.69, 9.17) is 5.11 Å². The third kappa shape index (κ3) is 3.35. The van der Waals surface area contributed by atoms with Crippen LogP contribution in [0.25, 0.3) is 0 Å². The highest BCUT2D eigenvalue weighted by Crippen LogP contribution is 2.29. The molecule has 0 saturated heterocycles. The van der Waals surface area contributed by atoms with E-state index in [2.05, 4.69) is 55.3 Å². The highest BCUT2D eigenvalue weighted by Gasteiger charge is 2.08. The van der Waals surface area contributed by atoms with E-state index in [-0.39, 0.29) is 6.61 Å². The second-order valence-electron chi connectivity index (χ2n) is 4.03. The number of aliphatic hydroxyl groups is 1. The van der Waals surface area contributed by atoms with Crippen LogP contribution in [0.2, 0.25) is 0 Å². The number of halogens is 2. The zero-order valence-electron chi connectivity index (χ0n) is 9.86. The van der Waals surface area contributed by atoms with Crippen molar-refractivity contribution in [1.82, 2.24) is 0 Å². The number of rotatable bonds is 4. The number of hydrogen-bond donors (Lipinski definition) is 1. The van der Waals surface area contributed by atoms with Crippen molar-refractivity contribution in [2.24, 2.45) is 0 Å². The number of aliphatic hydroxyl groups excluding tert-OH is 1. The average molecular weight is 391 g/mol. The van der Waals surface area contributed by atoms with Crippen LogP contribution >= 0.6 is 43.2 Å². The van der Waals surface area contributed by atoms with E-state index in [0.717, 1.165) is 26.7 Å². The zero-order chi connectivity index (χ0) is 13.1. The fraction of sp³-hybridized carbons (Fsp3) is 0.231. The molecular formula is C13H13Br2NOS. The predicted molar refractivity (Wildman–Crippen MR) is 84.2 cm³/mol. The molecule has 2 aromatic rings. The molecule has 96 valence electrons. The number of benzene rings is 1. The van der Waals surface area contributed by atoms with Gasteiger partial charge in [-0.15, -0.1) is 11.3 Å². The third-order valence-electron chi connectivity index (χ3n) is 2.62. The van der Waals surface area contributed by atoms with E-state index < -0.39 is 0 Å². The molecule has 0 aliphatic heterocycles. The maximum absolute atomic E-state index is 9.09. The van der Waals surface area contributed by atoms with Crippen molar-refractivity contribution in [1.29, 1.82) is 0 Å². The van der Waals surface area contributed by atoms with Gasteiger partial charge in [0.1, 0.15) is 0 Å². The fourth-order valence-corrected chi connectivity index (χ4v) is 3.95. The summed E-state index contributed by atoms with van der Waals surface area (Å²) in [5, 5.41) is 11.2. The summed E-state index contributed by atoms with van der Waals surface area (Å²) in [5.74, 6) is 0. The van der Waals surface area contributed by atoms with Crippen LogP contribution in [0.3, 0.4) is 0 Å². The van der Waals surface area contributed by atoms with Crippen LogP contribution in [0.15, 0.2) is 38.6 Å². The minimum atomic E-state index is 0.0699. The maximum Gasteiger partial charge on any atom is 0.0682 e. The molecular weight excluding hydrogens is 378 g/mol. The lowest BCUT2D eigenvalue weighted by Crippen LogP contribution is -2.16. The molecule has 0 aliphatic carbocycles. The Balaban J connectivity index is 2.15. The Morgan fingerprint density at radius 2 is 2.06 bits per heavy atom. The number of anilines is 1. The molecule has 2 rings (SSSR count). The van der Waals surface area contributed by atoms with Crippen molar-refractivity contribution in [3.8, 4) is 0 Å². The monoisotopic (exact) mass is 389 g/mol. The van der Waals surface area contributed by atoms with Gasteiger partial charge >= 0.3 is 0 Å². The summed E-state index contributed by atoms with van der Waals surface area (Å²) in [5.41, 5.74) is 2.04. The van der Waals surface area contributed by atoms with Gasteiger partial charge in [-0.05, 0) is 55.6 Å². The highest BCUT2D eigenvalue weighted by atomic mass is 79.9. The lowest BCUT2D eigenvalue weighted by molar-refractivity contribution is 0.282. The quantitative estimate of drug-likeness (QED) is 0.836. The average Bonchev–Trinajstić information content (AvgIpc) is 2.74. The van der Waals surface area contributed by atoms with Crippen molar-refractivity contribution < 1.29 is 5.11 Å². The van der Waals surface area contributed by atoms with Crippen molar-refractivity contribution in [2.45, 2.75) is 13.2 Å². The molecule has 0 spiro atoms. The summed E-state index contributed by atoms with van der Waals surface area (Å²) in [4.78, 5) is 3.49. The first-order valence-corrected chi connectivity index (χ1v) is 7.90. The van der Waals surface area contributed by atoms with E-state index in [1.54, 1.807) is 11.3 Å². The molecule has 0 atom stereocenters. The standard InChI is InChI=1S/C13H13Br2NOS/c1-16(6-11-5-10(14)8-18-11)13-3-2-9(7-17)4-12(13)15/h2-5,8,17H,6-7H2,1H3. The third-order valence-corrected chi connectivity index (χ3v) is 4.94. The van der Waals surface area contributed by atoms with Crippen LogP contribution in [-0.4, -0.2) is 12.2 Å². The molecule has 1 aromatic carbocycles. The summed E-state index contributed by atoms with van der Waals surface area (Å²) >= 11 is 8.76. The van der Waals surface area contributed by atoms with E-state index in [1.807, 2.05) is 18.2 Å². The molecule has 18 heavy (non-hydrogen) atoms. The molecule has 1 heterocycles. The molecule has 0 unspecified atom stereocenters. The number of nitrogens with zero attached hydrogens (tertiary/aromatic N) is 1. The molecule has 1 aromatic heterocycles. The smallest absolute Gasteiger partial charge is 0.0682 e. The van der Waals surface area contributed by atoms with Gasteiger partial charge in [0, 0.05) is 26.3 Å². The SMILES string of the molecule is CN(Cc1cc(Br)cs1)c1ccc(CO)cc1Br. The Bertz CT molecular complexity index is 542. The maximum atomic E-state index is 9.09. The second-order valence-corrected chi connectivity index (χ2v) is 6.80. The number of thiophene rings is 1. The molecule has 0 fully saturated rings. The molecule has 0 aliphatic rings. The van der Waals surface area contributed by atoms with E-state index in [9.17, 15) is 0 Å². The first-order chi connectivity index (χ1) is 8.60. The van der Waals surface area contributed by atoms with Crippen molar-refractivity contribution in [3.63, 3.8) is 0 Å². The van der Waals surface area contributed by atoms with E-state index >= 15 is 0 Å². The predicted octanol–water partition coefficient (Wildman–Crippen LogP) is 4.40. The van der Waals surface area contributed by atoms with Gasteiger partial charge in [0.25, 0.3) is 0 Å². The van der Waals surface area contributed by atoms with Crippen LogP contribution < -0.4 is 4.90 Å². The Hall–Kier alpha value is -0.360. The minimum absolute atomic E-state index is 0.0699. The van der Waals surface area contributed by atoms with Crippen molar-refractivity contribution in [2.75, 3.05) is 11.9 Å². The van der Waals surface area contributed by atoms with Crippen LogP contribution in [0, 0.1) is 0 Å². The molecule has 1 N–H and O–H groups in total. The molecule has 2 nitrogen and oxygen atoms in total. The minimum Gasteiger partial charge on any atom is -0.392 e. The van der Waals surface area contributed by atoms with Gasteiger partial charge in [0.2, 0.25) is 0 Å². The van der Waals surface area contributed by atoms with Gasteiger partial charge in [0.15, 0.2) is 0 Å². The van der Waals surface area contributed by atoms with Gasteiger partial charge < -0.3 is 10.0 Å². The van der Waals surface area contributed by atoms with Gasteiger partial charge in [-0.3, -0.25) is 0 Å². The summed E-state index contributed by atoms with van der Waals surface area (Å²) in [6.07, 6.45) is 0. The van der Waals surface area contributed by atoms with Gasteiger partial charge in [0.05, 0.1) is 18.8 Å². The van der Waals surface area contributed by atoms with Gasteiger partial charge in [-0.2, -0.15) is 0 Å². The molecule has 0 saturated carbocycles. The highest BCUT2D eigenvalue weighted by molar-refractivity contribution is 9.10. The summed E-state index contributed by atoms with van der Waals surface area (Å²) in [7, 11) is 2.06. The first kappa shape index (κ1) is 14.1. The Labute approximate surface area is 128 Å². The topological polar surface area (TPSA) is 23.5 Å². The van der Waals surface area contributed by atoms with Gasteiger partial charge in [-0.1, -0.05) is 6.07 Å². The molecule has 5 heteroatoms. The van der Waals surface area contributed by atoms with Gasteiger partial charge in [-0.25, -0.2) is 0 Å². The Kier molecular flexibility index (Phi) is 4.84. The van der Waals surface area contributed by atoms with E-state index in [1.165, 1.54) is 4.88 Å². The largest absolute Gasteiger partial charge is 0.392 e. The summed E-state index contributed by atoms with van der Waals surface area (Å²) in [6, 6.07) is 8.06. The number of hydrogen-bond acceptors (Lipinski definition) is 3. The Morgan fingerprint density at radius 3 is 2.61 bits per heavy atom. The summed E-state index contributed by atoms with van der Waals surface area (Å²) < 4.78 is 2.14. The normalized spacial score (nSPS) is 10.7. The lowest BCUT2D eigenvalue weighted by atomic mass is 10.2. The Morgan fingerprint density at radius 1 is 1.28 bits per heavy atom. The van der Waals surface area contributed by atoms with Crippen LogP contribution in [0.5, 0.6) is 0 Å². The summed E-state index contributed by atoms with van der Waals surface area (Å²) in [6.45, 7) is 0.938. The fourth-order valence-electron chi connectivity index (χ4n) is 1.71. The lowest BCUT2D eigenvalue weighted by Gasteiger charge is -2.20. The first-order valence-electron chi connectivity index (χ1n) is 5.43. The van der Waals surface area contributed by atoms with Crippen molar-refractivity contribution in [3.05, 3.63) is 49.0 Å². The van der Waals surface area contributed by atoms with E-state index in [0.29, 0.717) is 0 Å². The van der Waals surface area contributed by atoms with Crippen LogP contribution in [0.1, 0.15) is 10.4 Å². The molecule has 0 radical (unpaired) electrons. The molecule has 0 amide bonds. The van der Waals surface area contributed by atoms with Crippen molar-refractivity contribution >= 4 is 48.9 Å². The second kappa shape index (κ2) is 6.19.